The van der Waals surface area contributed by atoms with Gasteiger partial charge in [0.1, 0.15) is 5.82 Å². The lowest BCUT2D eigenvalue weighted by atomic mass is 9.92. The molecule has 0 bridgehead atoms. The van der Waals surface area contributed by atoms with E-state index in [0.29, 0.717) is 12.0 Å². The highest BCUT2D eigenvalue weighted by Gasteiger charge is 2.24. The van der Waals surface area contributed by atoms with Crippen LogP contribution in [-0.2, 0) is 14.3 Å². The van der Waals surface area contributed by atoms with Gasteiger partial charge in [-0.05, 0) is 30.0 Å². The molecule has 0 aliphatic carbocycles. The number of hydrogen-bond donors (Lipinski definition) is 2. The average Bonchev–Trinajstić information content (AvgIpc) is 2.51. The van der Waals surface area contributed by atoms with Gasteiger partial charge in [0.15, 0.2) is 0 Å². The highest BCUT2D eigenvalue weighted by molar-refractivity contribution is 6.34. The van der Waals surface area contributed by atoms with E-state index in [4.69, 9.17) is 10.5 Å². The number of ether oxygens (including phenoxy) is 1. The molecule has 2 amide bonds. The fourth-order valence-electron chi connectivity index (χ4n) is 2.26. The quantitative estimate of drug-likeness (QED) is 0.755. The molecule has 0 radical (unpaired) electrons. The Balaban J connectivity index is 2.97. The minimum Gasteiger partial charge on any atom is -0.381 e. The standard InChI is InChI=1S/C16H23FN2O3/c1-4-10(2)14(22-3)9-13(19-16(21)15(18)20)11-5-7-12(17)8-6-11/h5-8,10,13-14H,4,9H2,1-3H3,(H2,18,20)(H,19,21)/t10-,13?,14?/m0/s1. The smallest absolute Gasteiger partial charge is 0.309 e. The summed E-state index contributed by atoms with van der Waals surface area (Å²) in [5, 5.41) is 2.58. The lowest BCUT2D eigenvalue weighted by molar-refractivity contribution is -0.138. The van der Waals surface area contributed by atoms with Crippen molar-refractivity contribution >= 4 is 11.8 Å². The molecular weight excluding hydrogens is 287 g/mol. The normalized spacial score (nSPS) is 14.9. The van der Waals surface area contributed by atoms with E-state index in [-0.39, 0.29) is 17.8 Å². The third-order valence-electron chi connectivity index (χ3n) is 3.85. The topological polar surface area (TPSA) is 81.4 Å². The second-order valence-corrected chi connectivity index (χ2v) is 5.34. The number of carbonyl (C=O) groups excluding carboxylic acids is 2. The van der Waals surface area contributed by atoms with Crippen molar-refractivity contribution in [2.45, 2.75) is 38.8 Å². The number of rotatable bonds is 7. The molecule has 3 atom stereocenters. The molecule has 0 fully saturated rings. The van der Waals surface area contributed by atoms with Crippen LogP contribution in [-0.4, -0.2) is 25.0 Å². The number of nitrogens with one attached hydrogen (secondary N) is 1. The Morgan fingerprint density at radius 3 is 2.36 bits per heavy atom. The Hall–Kier alpha value is -1.95. The Labute approximate surface area is 130 Å². The van der Waals surface area contributed by atoms with Crippen molar-refractivity contribution < 1.29 is 18.7 Å². The molecule has 6 heteroatoms. The number of benzene rings is 1. The predicted octanol–water partition coefficient (Wildman–Crippen LogP) is 1.92. The summed E-state index contributed by atoms with van der Waals surface area (Å²) in [6.45, 7) is 4.09. The number of nitrogens with two attached hydrogens (primary N) is 1. The summed E-state index contributed by atoms with van der Waals surface area (Å²) >= 11 is 0. The molecule has 3 N–H and O–H groups in total. The summed E-state index contributed by atoms with van der Waals surface area (Å²) in [7, 11) is 1.61. The first-order valence-electron chi connectivity index (χ1n) is 7.27. The van der Waals surface area contributed by atoms with Crippen molar-refractivity contribution in [2.75, 3.05) is 7.11 Å². The van der Waals surface area contributed by atoms with Crippen LogP contribution in [0, 0.1) is 11.7 Å². The lowest BCUT2D eigenvalue weighted by Crippen LogP contribution is -2.40. The second-order valence-electron chi connectivity index (χ2n) is 5.34. The number of methoxy groups -OCH3 is 1. The van der Waals surface area contributed by atoms with Crippen LogP contribution in [0.3, 0.4) is 0 Å². The fourth-order valence-corrected chi connectivity index (χ4v) is 2.26. The molecule has 1 aromatic rings. The zero-order valence-corrected chi connectivity index (χ0v) is 13.1. The summed E-state index contributed by atoms with van der Waals surface area (Å²) < 4.78 is 18.5. The molecule has 0 aliphatic heterocycles. The van der Waals surface area contributed by atoms with Crippen molar-refractivity contribution in [2.24, 2.45) is 11.7 Å². The number of primary amides is 1. The average molecular weight is 310 g/mol. The molecule has 2 unspecified atom stereocenters. The van der Waals surface area contributed by atoms with Gasteiger partial charge in [0.05, 0.1) is 12.1 Å². The zero-order chi connectivity index (χ0) is 16.7. The van der Waals surface area contributed by atoms with Crippen molar-refractivity contribution in [1.82, 2.24) is 5.32 Å². The van der Waals surface area contributed by atoms with E-state index in [1.165, 1.54) is 12.1 Å². The predicted molar refractivity (Wildman–Crippen MR) is 81.3 cm³/mol. The Bertz CT molecular complexity index is 505. The van der Waals surface area contributed by atoms with Crippen LogP contribution < -0.4 is 11.1 Å². The first kappa shape index (κ1) is 18.1. The van der Waals surface area contributed by atoms with Gasteiger partial charge in [-0.15, -0.1) is 0 Å². The molecule has 1 rings (SSSR count). The minimum absolute atomic E-state index is 0.103. The molecule has 0 heterocycles. The summed E-state index contributed by atoms with van der Waals surface area (Å²) in [6.07, 6.45) is 1.28. The van der Waals surface area contributed by atoms with Crippen LogP contribution in [0.5, 0.6) is 0 Å². The van der Waals surface area contributed by atoms with E-state index in [2.05, 4.69) is 5.32 Å². The second kappa shape index (κ2) is 8.48. The van der Waals surface area contributed by atoms with Gasteiger partial charge in [-0.25, -0.2) is 4.39 Å². The number of hydrogen-bond acceptors (Lipinski definition) is 3. The largest absolute Gasteiger partial charge is 0.381 e. The van der Waals surface area contributed by atoms with Gasteiger partial charge >= 0.3 is 11.8 Å². The van der Waals surface area contributed by atoms with Crippen molar-refractivity contribution in [1.29, 1.82) is 0 Å². The highest BCUT2D eigenvalue weighted by atomic mass is 19.1. The van der Waals surface area contributed by atoms with Gasteiger partial charge in [0.2, 0.25) is 0 Å². The van der Waals surface area contributed by atoms with Gasteiger partial charge in [-0.3, -0.25) is 9.59 Å². The maximum atomic E-state index is 13.1. The monoisotopic (exact) mass is 310 g/mol. The Morgan fingerprint density at radius 1 is 1.32 bits per heavy atom. The highest BCUT2D eigenvalue weighted by Crippen LogP contribution is 2.25. The van der Waals surface area contributed by atoms with E-state index in [9.17, 15) is 14.0 Å². The molecular formula is C16H23FN2O3. The molecule has 0 aromatic heterocycles. The molecule has 0 saturated carbocycles. The Kier molecular flexibility index (Phi) is 6.98. The molecule has 0 saturated heterocycles. The van der Waals surface area contributed by atoms with Gasteiger partial charge < -0.3 is 15.8 Å². The van der Waals surface area contributed by atoms with Gasteiger partial charge in [0.25, 0.3) is 0 Å². The van der Waals surface area contributed by atoms with E-state index in [1.807, 2.05) is 13.8 Å². The first-order chi connectivity index (χ1) is 10.4. The first-order valence-corrected chi connectivity index (χ1v) is 7.27. The Morgan fingerprint density at radius 2 is 1.91 bits per heavy atom. The zero-order valence-electron chi connectivity index (χ0n) is 13.1. The fraction of sp³-hybridized carbons (Fsp3) is 0.500. The van der Waals surface area contributed by atoms with Crippen LogP contribution in [0.1, 0.15) is 38.3 Å². The van der Waals surface area contributed by atoms with Crippen LogP contribution in [0.15, 0.2) is 24.3 Å². The van der Waals surface area contributed by atoms with E-state index < -0.39 is 17.9 Å². The maximum Gasteiger partial charge on any atom is 0.309 e. The SMILES string of the molecule is CC[C@H](C)C(CC(NC(=O)C(N)=O)c1ccc(F)cc1)OC. The molecule has 122 valence electrons. The third-order valence-corrected chi connectivity index (χ3v) is 3.85. The van der Waals surface area contributed by atoms with Crippen LogP contribution in [0.2, 0.25) is 0 Å². The molecule has 5 nitrogen and oxygen atoms in total. The summed E-state index contributed by atoms with van der Waals surface area (Å²) in [4.78, 5) is 22.6. The van der Waals surface area contributed by atoms with Gasteiger partial charge in [0, 0.05) is 7.11 Å². The minimum atomic E-state index is -1.05. The summed E-state index contributed by atoms with van der Waals surface area (Å²) in [5.41, 5.74) is 5.69. The van der Waals surface area contributed by atoms with E-state index >= 15 is 0 Å². The number of amides is 2. The van der Waals surface area contributed by atoms with Gasteiger partial charge in [-0.2, -0.15) is 0 Å². The van der Waals surface area contributed by atoms with Crippen LogP contribution in [0.25, 0.3) is 0 Å². The van der Waals surface area contributed by atoms with Crippen molar-refractivity contribution in [3.05, 3.63) is 35.6 Å². The van der Waals surface area contributed by atoms with Gasteiger partial charge in [-0.1, -0.05) is 32.4 Å². The molecule has 22 heavy (non-hydrogen) atoms. The van der Waals surface area contributed by atoms with E-state index in [0.717, 1.165) is 6.42 Å². The maximum absolute atomic E-state index is 13.1. The van der Waals surface area contributed by atoms with Crippen molar-refractivity contribution in [3.63, 3.8) is 0 Å². The molecule has 1 aromatic carbocycles. The van der Waals surface area contributed by atoms with E-state index in [1.54, 1.807) is 19.2 Å². The lowest BCUT2D eigenvalue weighted by Gasteiger charge is -2.27. The molecule has 0 spiro atoms. The van der Waals surface area contributed by atoms with Crippen LogP contribution >= 0.6 is 0 Å². The number of halogens is 1. The molecule has 0 aliphatic rings. The van der Waals surface area contributed by atoms with Crippen molar-refractivity contribution in [3.8, 4) is 0 Å². The summed E-state index contributed by atoms with van der Waals surface area (Å²) in [6, 6.07) is 5.29. The number of carbonyl (C=O) groups is 2. The third kappa shape index (κ3) is 5.11. The van der Waals surface area contributed by atoms with Crippen LogP contribution in [0.4, 0.5) is 4.39 Å². The summed E-state index contributed by atoms with van der Waals surface area (Å²) in [5.74, 6) is -2.01.